The number of hydrogen-bond donors (Lipinski definition) is 0. The average Bonchev–Trinajstić information content (AvgIpc) is 2.37. The van der Waals surface area contributed by atoms with Crippen LogP contribution in [0, 0.1) is 11.6 Å². The number of alkyl halides is 1. The molecule has 0 spiro atoms. The molecular weight excluding hydrogens is 256 g/mol. The third kappa shape index (κ3) is 2.79. The van der Waals surface area contributed by atoms with Crippen LogP contribution in [-0.4, -0.2) is 7.05 Å². The first kappa shape index (κ1) is 12.8. The second-order valence-electron chi connectivity index (χ2n) is 3.99. The molecule has 2 aromatic rings. The summed E-state index contributed by atoms with van der Waals surface area (Å²) in [6, 6.07) is 10.7. The zero-order valence-corrected chi connectivity index (χ0v) is 10.6. The zero-order valence-electron chi connectivity index (χ0n) is 9.83. The molecule has 18 heavy (non-hydrogen) atoms. The quantitative estimate of drug-likeness (QED) is 0.742. The van der Waals surface area contributed by atoms with Gasteiger partial charge in [-0.05, 0) is 42.0 Å². The van der Waals surface area contributed by atoms with Gasteiger partial charge in [0.25, 0.3) is 0 Å². The van der Waals surface area contributed by atoms with Gasteiger partial charge in [0.2, 0.25) is 0 Å². The molecule has 0 heterocycles. The molecule has 1 nitrogen and oxygen atoms in total. The fourth-order valence-electron chi connectivity index (χ4n) is 1.74. The Labute approximate surface area is 110 Å². The van der Waals surface area contributed by atoms with Crippen LogP contribution in [0.5, 0.6) is 0 Å². The Balaban J connectivity index is 2.39. The Bertz CT molecular complexity index is 557. The molecule has 4 heteroatoms. The second-order valence-corrected chi connectivity index (χ2v) is 4.26. The van der Waals surface area contributed by atoms with Gasteiger partial charge in [0.15, 0.2) is 0 Å². The summed E-state index contributed by atoms with van der Waals surface area (Å²) < 4.78 is 26.6. The van der Waals surface area contributed by atoms with E-state index >= 15 is 0 Å². The summed E-state index contributed by atoms with van der Waals surface area (Å²) in [5, 5.41) is 0. The topological polar surface area (TPSA) is 3.24 Å². The normalized spacial score (nSPS) is 10.4. The number of nitrogens with zero attached hydrogens (tertiary/aromatic N) is 1. The number of rotatable bonds is 3. The lowest BCUT2D eigenvalue weighted by atomic mass is 10.2. The van der Waals surface area contributed by atoms with E-state index in [-0.39, 0.29) is 17.5 Å². The Morgan fingerprint density at radius 2 is 1.72 bits per heavy atom. The van der Waals surface area contributed by atoms with Crippen LogP contribution in [0.1, 0.15) is 5.56 Å². The summed E-state index contributed by atoms with van der Waals surface area (Å²) in [5.41, 5.74) is 1.98. The number of hydrogen-bond acceptors (Lipinski definition) is 1. The molecule has 0 N–H and O–H groups in total. The minimum atomic E-state index is -0.355. The van der Waals surface area contributed by atoms with Crippen LogP contribution >= 0.6 is 11.6 Å². The Morgan fingerprint density at radius 1 is 1.00 bits per heavy atom. The molecule has 0 amide bonds. The largest absolute Gasteiger partial charge is 0.344 e. The first-order chi connectivity index (χ1) is 8.60. The lowest BCUT2D eigenvalue weighted by molar-refractivity contribution is 0.626. The van der Waals surface area contributed by atoms with Crippen molar-refractivity contribution in [3.63, 3.8) is 0 Å². The highest BCUT2D eigenvalue weighted by molar-refractivity contribution is 6.17. The molecule has 0 aromatic heterocycles. The first-order valence-corrected chi connectivity index (χ1v) is 5.98. The Kier molecular flexibility index (Phi) is 3.82. The van der Waals surface area contributed by atoms with Gasteiger partial charge in [0.05, 0.1) is 0 Å². The van der Waals surface area contributed by atoms with Gasteiger partial charge in [-0.2, -0.15) is 0 Å². The van der Waals surface area contributed by atoms with Crippen molar-refractivity contribution in [3.8, 4) is 0 Å². The first-order valence-electron chi connectivity index (χ1n) is 5.45. The molecule has 0 unspecified atom stereocenters. The van der Waals surface area contributed by atoms with Crippen molar-refractivity contribution in [1.29, 1.82) is 0 Å². The van der Waals surface area contributed by atoms with Crippen LogP contribution in [0.15, 0.2) is 42.5 Å². The fraction of sp³-hybridized carbons (Fsp3) is 0.143. The van der Waals surface area contributed by atoms with E-state index in [0.29, 0.717) is 16.9 Å². The highest BCUT2D eigenvalue weighted by atomic mass is 35.5. The molecule has 0 aliphatic rings. The van der Waals surface area contributed by atoms with E-state index in [2.05, 4.69) is 0 Å². The maximum atomic E-state index is 13.4. The van der Waals surface area contributed by atoms with Crippen molar-refractivity contribution in [1.82, 2.24) is 0 Å². The smallest absolute Gasteiger partial charge is 0.125 e. The van der Waals surface area contributed by atoms with Gasteiger partial charge in [-0.25, -0.2) is 8.78 Å². The third-order valence-electron chi connectivity index (χ3n) is 2.68. The molecule has 0 bridgehead atoms. The van der Waals surface area contributed by atoms with Crippen LogP contribution in [0.2, 0.25) is 0 Å². The van der Waals surface area contributed by atoms with Gasteiger partial charge in [-0.15, -0.1) is 11.6 Å². The molecule has 0 atom stereocenters. The predicted octanol–water partition coefficient (Wildman–Crippen LogP) is 4.47. The SMILES string of the molecule is CN(c1cccc(F)c1)c1cc(F)cc(CCl)c1. The van der Waals surface area contributed by atoms with Crippen molar-refractivity contribution in [2.45, 2.75) is 5.88 Å². The summed E-state index contributed by atoms with van der Waals surface area (Å²) in [7, 11) is 1.75. The number of halogens is 3. The van der Waals surface area contributed by atoms with Gasteiger partial charge in [0, 0.05) is 24.3 Å². The van der Waals surface area contributed by atoms with E-state index in [1.54, 1.807) is 30.1 Å². The van der Waals surface area contributed by atoms with Crippen molar-refractivity contribution < 1.29 is 8.78 Å². The third-order valence-corrected chi connectivity index (χ3v) is 2.99. The summed E-state index contributed by atoms with van der Waals surface area (Å²) in [5.74, 6) is -0.443. The van der Waals surface area contributed by atoms with E-state index in [4.69, 9.17) is 11.6 Å². The second kappa shape index (κ2) is 5.36. The summed E-state index contributed by atoms with van der Waals surface area (Å²) >= 11 is 5.70. The van der Waals surface area contributed by atoms with Gasteiger partial charge in [0.1, 0.15) is 11.6 Å². The standard InChI is InChI=1S/C14H12ClF2N/c1-18(13-4-2-3-11(16)7-13)14-6-10(9-15)5-12(17)8-14/h2-8H,9H2,1H3. The van der Waals surface area contributed by atoms with Gasteiger partial charge in [-0.3, -0.25) is 0 Å². The van der Waals surface area contributed by atoms with Gasteiger partial charge in [-0.1, -0.05) is 6.07 Å². The summed E-state index contributed by atoms with van der Waals surface area (Å²) in [6.45, 7) is 0. The molecule has 2 rings (SSSR count). The predicted molar refractivity (Wildman–Crippen MR) is 70.4 cm³/mol. The lowest BCUT2D eigenvalue weighted by Gasteiger charge is -2.20. The molecule has 0 saturated heterocycles. The number of anilines is 2. The van der Waals surface area contributed by atoms with Crippen molar-refractivity contribution >= 4 is 23.0 Å². The van der Waals surface area contributed by atoms with Crippen molar-refractivity contribution in [3.05, 3.63) is 59.7 Å². The van der Waals surface area contributed by atoms with Crippen molar-refractivity contribution in [2.24, 2.45) is 0 Å². The zero-order chi connectivity index (χ0) is 13.1. The number of benzene rings is 2. The maximum Gasteiger partial charge on any atom is 0.125 e. The van der Waals surface area contributed by atoms with Crippen LogP contribution in [0.3, 0.4) is 0 Å². The van der Waals surface area contributed by atoms with Gasteiger partial charge < -0.3 is 4.90 Å². The Morgan fingerprint density at radius 3 is 2.39 bits per heavy atom. The van der Waals surface area contributed by atoms with E-state index in [1.807, 2.05) is 0 Å². The highest BCUT2D eigenvalue weighted by Crippen LogP contribution is 2.26. The van der Waals surface area contributed by atoms with E-state index in [1.165, 1.54) is 24.3 Å². The van der Waals surface area contributed by atoms with E-state index < -0.39 is 0 Å². The summed E-state index contributed by atoms with van der Waals surface area (Å²) in [6.07, 6.45) is 0. The molecule has 0 saturated carbocycles. The van der Waals surface area contributed by atoms with E-state index in [0.717, 1.165) is 0 Å². The fourth-order valence-corrected chi connectivity index (χ4v) is 1.89. The Hall–Kier alpha value is -1.61. The molecular formula is C14H12ClF2N. The monoisotopic (exact) mass is 267 g/mol. The van der Waals surface area contributed by atoms with Crippen LogP contribution in [-0.2, 0) is 5.88 Å². The lowest BCUT2D eigenvalue weighted by Crippen LogP contribution is -2.10. The van der Waals surface area contributed by atoms with Gasteiger partial charge >= 0.3 is 0 Å². The molecule has 0 aliphatic carbocycles. The molecule has 94 valence electrons. The highest BCUT2D eigenvalue weighted by Gasteiger charge is 2.07. The van der Waals surface area contributed by atoms with Crippen molar-refractivity contribution in [2.75, 3.05) is 11.9 Å². The molecule has 0 fully saturated rings. The van der Waals surface area contributed by atoms with Crippen LogP contribution in [0.4, 0.5) is 20.2 Å². The maximum absolute atomic E-state index is 13.4. The molecule has 0 radical (unpaired) electrons. The van der Waals surface area contributed by atoms with E-state index in [9.17, 15) is 8.78 Å². The van der Waals surface area contributed by atoms with Crippen LogP contribution < -0.4 is 4.90 Å². The minimum Gasteiger partial charge on any atom is -0.344 e. The minimum absolute atomic E-state index is 0.238. The summed E-state index contributed by atoms with van der Waals surface area (Å²) in [4.78, 5) is 1.71. The molecule has 2 aromatic carbocycles. The molecule has 0 aliphatic heterocycles. The van der Waals surface area contributed by atoms with Crippen LogP contribution in [0.25, 0.3) is 0 Å². The average molecular weight is 268 g/mol.